The van der Waals surface area contributed by atoms with Gasteiger partial charge in [-0.15, -0.1) is 0 Å². The number of nitrogens with one attached hydrogen (secondary N) is 1. The van der Waals surface area contributed by atoms with Crippen LogP contribution >= 0.6 is 0 Å². The van der Waals surface area contributed by atoms with Crippen LogP contribution in [0.3, 0.4) is 0 Å². The Labute approximate surface area is 86.6 Å². The van der Waals surface area contributed by atoms with Crippen molar-refractivity contribution in [1.82, 2.24) is 15.3 Å². The maximum absolute atomic E-state index is 11.1. The van der Waals surface area contributed by atoms with Gasteiger partial charge in [-0.05, 0) is 13.0 Å². The maximum Gasteiger partial charge on any atom is 0.344 e. The lowest BCUT2D eigenvalue weighted by molar-refractivity contribution is 0.246. The van der Waals surface area contributed by atoms with Crippen molar-refractivity contribution in [3.63, 3.8) is 0 Å². The Morgan fingerprint density at radius 3 is 2.60 bits per heavy atom. The van der Waals surface area contributed by atoms with E-state index in [0.29, 0.717) is 5.82 Å². The first-order valence-corrected chi connectivity index (χ1v) is 4.26. The molecule has 7 nitrogen and oxygen atoms in total. The van der Waals surface area contributed by atoms with Crippen molar-refractivity contribution in [2.45, 2.75) is 13.0 Å². The van der Waals surface area contributed by atoms with Gasteiger partial charge in [-0.2, -0.15) is 4.99 Å². The minimum Gasteiger partial charge on any atom is -0.370 e. The molecule has 0 fully saturated rings. The van der Waals surface area contributed by atoms with E-state index in [1.54, 1.807) is 25.4 Å². The molecule has 1 aromatic rings. The molecule has 0 bridgehead atoms. The van der Waals surface area contributed by atoms with Gasteiger partial charge >= 0.3 is 6.03 Å². The van der Waals surface area contributed by atoms with Gasteiger partial charge in [-0.3, -0.25) is 0 Å². The van der Waals surface area contributed by atoms with Gasteiger partial charge in [0.2, 0.25) is 0 Å². The Hall–Kier alpha value is -2.18. The van der Waals surface area contributed by atoms with Crippen LogP contribution in [0.25, 0.3) is 0 Å². The highest BCUT2D eigenvalue weighted by molar-refractivity contribution is 5.90. The quantitative estimate of drug-likeness (QED) is 0.448. The molecule has 0 radical (unpaired) electrons. The molecule has 1 atom stereocenters. The van der Waals surface area contributed by atoms with Crippen molar-refractivity contribution in [1.29, 1.82) is 0 Å². The molecular formula is C8H12N6O. The van der Waals surface area contributed by atoms with Crippen molar-refractivity contribution in [2.75, 3.05) is 0 Å². The highest BCUT2D eigenvalue weighted by Crippen LogP contribution is 2.04. The lowest BCUT2D eigenvalue weighted by Gasteiger charge is -2.09. The second-order valence-corrected chi connectivity index (χ2v) is 2.81. The zero-order valence-corrected chi connectivity index (χ0v) is 8.21. The van der Waals surface area contributed by atoms with Crippen molar-refractivity contribution in [3.8, 4) is 0 Å². The van der Waals surface area contributed by atoms with Crippen LogP contribution < -0.4 is 16.8 Å². The molecule has 1 aromatic heterocycles. The Bertz CT molecular complexity index is 359. The molecule has 7 heteroatoms. The minimum absolute atomic E-state index is 0.284. The summed E-state index contributed by atoms with van der Waals surface area (Å²) < 4.78 is 0. The molecule has 0 aromatic carbocycles. The van der Waals surface area contributed by atoms with Crippen LogP contribution in [0.1, 0.15) is 18.8 Å². The van der Waals surface area contributed by atoms with Crippen LogP contribution in [0.15, 0.2) is 23.5 Å². The van der Waals surface area contributed by atoms with Crippen LogP contribution in [0.2, 0.25) is 0 Å². The number of rotatable bonds is 2. The Morgan fingerprint density at radius 1 is 1.47 bits per heavy atom. The molecule has 0 aliphatic carbocycles. The third-order valence-corrected chi connectivity index (χ3v) is 1.54. The summed E-state index contributed by atoms with van der Waals surface area (Å²) in [6.45, 7) is 1.73. The summed E-state index contributed by atoms with van der Waals surface area (Å²) in [5, 5.41) is 2.52. The third kappa shape index (κ3) is 3.59. The number of urea groups is 1. The van der Waals surface area contributed by atoms with E-state index in [4.69, 9.17) is 11.5 Å². The van der Waals surface area contributed by atoms with E-state index < -0.39 is 6.03 Å². The summed E-state index contributed by atoms with van der Waals surface area (Å²) in [6, 6.07) is 0.727. The molecule has 0 aliphatic heterocycles. The van der Waals surface area contributed by atoms with E-state index in [2.05, 4.69) is 20.3 Å². The molecular weight excluding hydrogens is 196 g/mol. The highest BCUT2D eigenvalue weighted by Gasteiger charge is 2.10. The molecule has 0 spiro atoms. The fourth-order valence-electron chi connectivity index (χ4n) is 0.934. The van der Waals surface area contributed by atoms with Crippen LogP contribution in [0.5, 0.6) is 0 Å². The molecule has 1 rings (SSSR count). The number of nitrogens with zero attached hydrogens (tertiary/aromatic N) is 3. The highest BCUT2D eigenvalue weighted by atomic mass is 16.2. The monoisotopic (exact) mass is 208 g/mol. The number of aromatic nitrogens is 2. The van der Waals surface area contributed by atoms with E-state index in [-0.39, 0.29) is 12.0 Å². The van der Waals surface area contributed by atoms with Gasteiger partial charge in [0.15, 0.2) is 5.96 Å². The standard InChI is InChI=1S/C8H12N6O/c1-5(6-11-3-2-4-12-6)13-8(15)14-7(9)10/h2-5H,1H3,(H5,9,10,13,14,15). The first-order chi connectivity index (χ1) is 7.09. The Balaban J connectivity index is 2.61. The first kappa shape index (κ1) is 10.9. The molecule has 80 valence electrons. The van der Waals surface area contributed by atoms with Gasteiger partial charge in [0, 0.05) is 12.4 Å². The summed E-state index contributed by atoms with van der Waals surface area (Å²) in [5.74, 6) is 0.213. The maximum atomic E-state index is 11.1. The smallest absolute Gasteiger partial charge is 0.344 e. The van der Waals surface area contributed by atoms with E-state index in [0.717, 1.165) is 0 Å². The average Bonchev–Trinajstić information content (AvgIpc) is 2.17. The number of hydrogen-bond donors (Lipinski definition) is 3. The zero-order valence-electron chi connectivity index (χ0n) is 8.21. The lowest BCUT2D eigenvalue weighted by Crippen LogP contribution is -2.30. The van der Waals surface area contributed by atoms with Crippen LogP contribution in [-0.4, -0.2) is 22.0 Å². The second kappa shape index (κ2) is 4.89. The molecule has 0 aliphatic rings. The number of carbonyl (C=O) groups excluding carboxylic acids is 1. The van der Waals surface area contributed by atoms with Gasteiger partial charge < -0.3 is 16.8 Å². The topological polar surface area (TPSA) is 119 Å². The molecule has 2 amide bonds. The van der Waals surface area contributed by atoms with Crippen LogP contribution in [0.4, 0.5) is 4.79 Å². The van der Waals surface area contributed by atoms with Crippen molar-refractivity contribution >= 4 is 12.0 Å². The molecule has 5 N–H and O–H groups in total. The largest absolute Gasteiger partial charge is 0.370 e. The summed E-state index contributed by atoms with van der Waals surface area (Å²) in [6.07, 6.45) is 3.18. The van der Waals surface area contributed by atoms with E-state index >= 15 is 0 Å². The second-order valence-electron chi connectivity index (χ2n) is 2.81. The lowest BCUT2D eigenvalue weighted by atomic mass is 10.3. The number of hydrogen-bond acceptors (Lipinski definition) is 3. The summed E-state index contributed by atoms with van der Waals surface area (Å²) in [7, 11) is 0. The molecule has 15 heavy (non-hydrogen) atoms. The predicted molar refractivity (Wildman–Crippen MR) is 54.8 cm³/mol. The van der Waals surface area contributed by atoms with Crippen molar-refractivity contribution < 1.29 is 4.79 Å². The fraction of sp³-hybridized carbons (Fsp3) is 0.250. The molecule has 0 saturated heterocycles. The molecule has 1 unspecified atom stereocenters. The SMILES string of the molecule is CC(NC(=O)N=C(N)N)c1ncccn1. The normalized spacial score (nSPS) is 11.5. The molecule has 0 saturated carbocycles. The third-order valence-electron chi connectivity index (χ3n) is 1.54. The van der Waals surface area contributed by atoms with Crippen molar-refractivity contribution in [3.05, 3.63) is 24.3 Å². The Kier molecular flexibility index (Phi) is 3.55. The van der Waals surface area contributed by atoms with Crippen LogP contribution in [0, 0.1) is 0 Å². The van der Waals surface area contributed by atoms with Gasteiger partial charge in [0.1, 0.15) is 5.82 Å². The van der Waals surface area contributed by atoms with Gasteiger partial charge in [0.25, 0.3) is 0 Å². The first-order valence-electron chi connectivity index (χ1n) is 4.26. The fourth-order valence-corrected chi connectivity index (χ4v) is 0.934. The summed E-state index contributed by atoms with van der Waals surface area (Å²) in [4.78, 5) is 22.4. The number of carbonyl (C=O) groups is 1. The van der Waals surface area contributed by atoms with Gasteiger partial charge in [0.05, 0.1) is 6.04 Å². The van der Waals surface area contributed by atoms with Gasteiger partial charge in [-0.25, -0.2) is 14.8 Å². The zero-order chi connectivity index (χ0) is 11.3. The minimum atomic E-state index is -0.616. The van der Waals surface area contributed by atoms with E-state index in [1.807, 2.05) is 0 Å². The van der Waals surface area contributed by atoms with E-state index in [1.165, 1.54) is 0 Å². The van der Waals surface area contributed by atoms with Crippen LogP contribution in [-0.2, 0) is 0 Å². The summed E-state index contributed by atoms with van der Waals surface area (Å²) >= 11 is 0. The summed E-state index contributed by atoms with van der Waals surface area (Å²) in [5.41, 5.74) is 10.1. The van der Waals surface area contributed by atoms with Gasteiger partial charge in [-0.1, -0.05) is 0 Å². The Morgan fingerprint density at radius 2 is 2.07 bits per heavy atom. The average molecular weight is 208 g/mol. The number of nitrogens with two attached hydrogens (primary N) is 2. The molecule has 1 heterocycles. The number of aliphatic imine (C=N–C) groups is 1. The number of guanidine groups is 1. The van der Waals surface area contributed by atoms with E-state index in [9.17, 15) is 4.79 Å². The van der Waals surface area contributed by atoms with Crippen molar-refractivity contribution in [2.24, 2.45) is 16.5 Å². The number of amides is 2. The predicted octanol–water partition coefficient (Wildman–Crippen LogP) is -0.479.